The smallest absolute Gasteiger partial charge is 0.311 e. The average molecular weight is 286 g/mol. The summed E-state index contributed by atoms with van der Waals surface area (Å²) in [5.74, 6) is 2.33. The zero-order chi connectivity index (χ0) is 14.9. The first-order valence-corrected chi connectivity index (χ1v) is 7.64. The van der Waals surface area contributed by atoms with Crippen molar-refractivity contribution in [3.63, 3.8) is 0 Å². The molecule has 20 heavy (non-hydrogen) atoms. The monoisotopic (exact) mass is 286 g/mol. The van der Waals surface area contributed by atoms with Gasteiger partial charge in [0, 0.05) is 5.92 Å². The van der Waals surface area contributed by atoms with Crippen LogP contribution in [0.15, 0.2) is 0 Å². The Labute approximate surface area is 120 Å². The maximum absolute atomic E-state index is 11.9. The first kappa shape index (κ1) is 15.7. The lowest BCUT2D eigenvalue weighted by Gasteiger charge is -2.48. The maximum Gasteiger partial charge on any atom is 0.311 e. The molecule has 3 rings (SSSR count). The lowest BCUT2D eigenvalue weighted by molar-refractivity contribution is -0.240. The van der Waals surface area contributed by atoms with E-state index in [1.165, 1.54) is 12.8 Å². The first-order valence-electron chi connectivity index (χ1n) is 7.64. The van der Waals surface area contributed by atoms with E-state index in [0.717, 1.165) is 18.8 Å². The van der Waals surface area contributed by atoms with Gasteiger partial charge in [0.05, 0.1) is 12.0 Å². The molecule has 0 radical (unpaired) electrons. The molecule has 1 saturated carbocycles. The highest BCUT2D eigenvalue weighted by Crippen LogP contribution is 2.50. The molecule has 0 bridgehead atoms. The highest BCUT2D eigenvalue weighted by molar-refractivity contribution is 5.73. The van der Waals surface area contributed by atoms with Crippen LogP contribution in [-0.4, -0.2) is 28.9 Å². The third-order valence-corrected chi connectivity index (χ3v) is 5.51. The van der Waals surface area contributed by atoms with E-state index < -0.39 is 0 Å². The molecule has 0 spiro atoms. The van der Waals surface area contributed by atoms with Crippen LogP contribution in [0.25, 0.3) is 0 Å². The number of rotatable bonds is 0. The first-order chi connectivity index (χ1) is 9.58. The summed E-state index contributed by atoms with van der Waals surface area (Å²) >= 11 is 0. The Kier molecular flexibility index (Phi) is 5.04. The van der Waals surface area contributed by atoms with Gasteiger partial charge in [0.1, 0.15) is 0 Å². The number of carbonyl (C=O) groups excluding carboxylic acids is 1. The van der Waals surface area contributed by atoms with Crippen LogP contribution in [0.5, 0.6) is 0 Å². The maximum atomic E-state index is 11.9. The molecule has 7 atom stereocenters. The third-order valence-electron chi connectivity index (χ3n) is 5.51. The quantitative estimate of drug-likeness (QED) is 0.407. The predicted octanol–water partition coefficient (Wildman–Crippen LogP) is 3.00. The van der Waals surface area contributed by atoms with Gasteiger partial charge in [0.25, 0.3) is 0 Å². The second kappa shape index (κ2) is 6.41. The number of esters is 1. The molecule has 1 aliphatic carbocycles. The van der Waals surface area contributed by atoms with Crippen molar-refractivity contribution in [2.45, 2.75) is 58.8 Å². The minimum Gasteiger partial charge on any atom is -0.435 e. The Morgan fingerprint density at radius 2 is 1.65 bits per heavy atom. The standard InChI is InChI=1S/C15H24O3.H2O2/c1-8-4-6-12-10(3)14(16)18-15-13(12)11(8)7-5-9(2)17-15;1-2/h8-13,15H,4-7H2,1-3H3;1-2H/t8-,9?,10?,11?,12+,13?,15?;/m1./s1. The van der Waals surface area contributed by atoms with Crippen molar-refractivity contribution >= 4 is 5.97 Å². The van der Waals surface area contributed by atoms with Crippen molar-refractivity contribution in [1.29, 1.82) is 0 Å². The van der Waals surface area contributed by atoms with Gasteiger partial charge in [-0.1, -0.05) is 20.3 Å². The largest absolute Gasteiger partial charge is 0.435 e. The minimum atomic E-state index is -0.274. The molecule has 0 amide bonds. The van der Waals surface area contributed by atoms with Gasteiger partial charge < -0.3 is 9.47 Å². The van der Waals surface area contributed by atoms with E-state index in [1.54, 1.807) is 0 Å². The van der Waals surface area contributed by atoms with E-state index in [0.29, 0.717) is 17.8 Å². The molecule has 2 aliphatic heterocycles. The summed E-state index contributed by atoms with van der Waals surface area (Å²) in [7, 11) is 0. The molecule has 0 aromatic carbocycles. The highest BCUT2D eigenvalue weighted by Gasteiger charge is 2.52. The van der Waals surface area contributed by atoms with Crippen molar-refractivity contribution in [2.75, 3.05) is 0 Å². The summed E-state index contributed by atoms with van der Waals surface area (Å²) in [4.78, 5) is 11.9. The van der Waals surface area contributed by atoms with Gasteiger partial charge in [-0.05, 0) is 43.9 Å². The number of ether oxygens (including phenoxy) is 2. The zero-order valence-electron chi connectivity index (χ0n) is 12.5. The lowest BCUT2D eigenvalue weighted by atomic mass is 9.61. The molecule has 3 aliphatic rings. The van der Waals surface area contributed by atoms with Crippen LogP contribution in [-0.2, 0) is 14.3 Å². The van der Waals surface area contributed by atoms with Crippen molar-refractivity contribution in [2.24, 2.45) is 29.6 Å². The Bertz CT molecular complexity index is 345. The number of hydrogen-bond donors (Lipinski definition) is 2. The van der Waals surface area contributed by atoms with Crippen LogP contribution in [0.2, 0.25) is 0 Å². The van der Waals surface area contributed by atoms with Gasteiger partial charge in [0.15, 0.2) is 0 Å². The summed E-state index contributed by atoms with van der Waals surface area (Å²) in [6.07, 6.45) is 4.68. The summed E-state index contributed by atoms with van der Waals surface area (Å²) in [5.41, 5.74) is 0. The van der Waals surface area contributed by atoms with Crippen LogP contribution in [0.3, 0.4) is 0 Å². The van der Waals surface area contributed by atoms with Gasteiger partial charge in [-0.3, -0.25) is 15.3 Å². The molecule has 3 fully saturated rings. The Hall–Kier alpha value is -0.650. The fourth-order valence-corrected chi connectivity index (χ4v) is 4.34. The Morgan fingerprint density at radius 1 is 1.00 bits per heavy atom. The van der Waals surface area contributed by atoms with Crippen LogP contribution >= 0.6 is 0 Å². The SMILES string of the molecule is CC1CCC2C3C(OC(=O)C(C)[C@@H]3CC[C@H]2C)O1.OO. The summed E-state index contributed by atoms with van der Waals surface area (Å²) in [5, 5.41) is 12.0. The van der Waals surface area contributed by atoms with Crippen LogP contribution in [0.1, 0.15) is 46.5 Å². The van der Waals surface area contributed by atoms with Gasteiger partial charge in [-0.2, -0.15) is 0 Å². The van der Waals surface area contributed by atoms with E-state index in [4.69, 9.17) is 20.0 Å². The average Bonchev–Trinajstić information content (AvgIpc) is 2.60. The minimum absolute atomic E-state index is 0.0522. The molecule has 5 heteroatoms. The molecule has 5 nitrogen and oxygen atoms in total. The highest BCUT2D eigenvalue weighted by atomic mass is 17.0. The Morgan fingerprint density at radius 3 is 2.35 bits per heavy atom. The fraction of sp³-hybridized carbons (Fsp3) is 0.933. The van der Waals surface area contributed by atoms with Gasteiger partial charge >= 0.3 is 5.97 Å². The van der Waals surface area contributed by atoms with Crippen molar-refractivity contribution < 1.29 is 24.8 Å². The van der Waals surface area contributed by atoms with E-state index in [2.05, 4.69) is 13.8 Å². The Balaban J connectivity index is 0.000000704. The number of hydrogen-bond acceptors (Lipinski definition) is 5. The van der Waals surface area contributed by atoms with Gasteiger partial charge in [-0.15, -0.1) is 0 Å². The molecule has 0 aromatic rings. The second-order valence-electron chi connectivity index (χ2n) is 6.58. The lowest BCUT2D eigenvalue weighted by Crippen LogP contribution is -2.51. The topological polar surface area (TPSA) is 76.0 Å². The molecular weight excluding hydrogens is 260 g/mol. The molecule has 116 valence electrons. The molecule has 2 saturated heterocycles. The predicted molar refractivity (Wildman–Crippen MR) is 73.0 cm³/mol. The van der Waals surface area contributed by atoms with E-state index >= 15 is 0 Å². The van der Waals surface area contributed by atoms with Crippen molar-refractivity contribution in [3.05, 3.63) is 0 Å². The van der Waals surface area contributed by atoms with Crippen LogP contribution in [0.4, 0.5) is 0 Å². The molecule has 5 unspecified atom stereocenters. The zero-order valence-corrected chi connectivity index (χ0v) is 12.5. The summed E-state index contributed by atoms with van der Waals surface area (Å²) < 4.78 is 11.6. The van der Waals surface area contributed by atoms with Crippen LogP contribution < -0.4 is 0 Å². The van der Waals surface area contributed by atoms with Gasteiger partial charge in [-0.25, -0.2) is 0 Å². The van der Waals surface area contributed by atoms with Crippen molar-refractivity contribution in [3.8, 4) is 0 Å². The normalized spacial score (nSPS) is 47.2. The molecule has 2 heterocycles. The molecule has 2 N–H and O–H groups in total. The fourth-order valence-electron chi connectivity index (χ4n) is 4.34. The number of carbonyl (C=O) groups is 1. The summed E-state index contributed by atoms with van der Waals surface area (Å²) in [6.45, 7) is 6.49. The summed E-state index contributed by atoms with van der Waals surface area (Å²) in [6, 6.07) is 0. The third kappa shape index (κ3) is 2.71. The van der Waals surface area contributed by atoms with Gasteiger partial charge in [0.2, 0.25) is 6.29 Å². The second-order valence-corrected chi connectivity index (χ2v) is 6.58. The molecule has 0 aromatic heterocycles. The van der Waals surface area contributed by atoms with E-state index in [9.17, 15) is 4.79 Å². The molecular formula is C15H26O5. The van der Waals surface area contributed by atoms with E-state index in [-0.39, 0.29) is 24.3 Å². The van der Waals surface area contributed by atoms with E-state index in [1.807, 2.05) is 6.92 Å². The van der Waals surface area contributed by atoms with Crippen molar-refractivity contribution in [1.82, 2.24) is 0 Å². The van der Waals surface area contributed by atoms with Crippen LogP contribution in [0, 0.1) is 29.6 Å².